The highest BCUT2D eigenvalue weighted by atomic mass is 19.1. The SMILES string of the molecule is CCCCCCc1ccc(-c2ccc([C@H]3CC[C@H](CC/C=C/F)CC3)cc2)cc1. The van der Waals surface area contributed by atoms with E-state index in [9.17, 15) is 4.39 Å². The molecule has 156 valence electrons. The topological polar surface area (TPSA) is 0 Å². The summed E-state index contributed by atoms with van der Waals surface area (Å²) < 4.78 is 12.1. The van der Waals surface area contributed by atoms with Crippen LogP contribution in [0.2, 0.25) is 0 Å². The number of hydrogen-bond acceptors (Lipinski definition) is 0. The number of halogens is 1. The van der Waals surface area contributed by atoms with E-state index in [4.69, 9.17) is 0 Å². The Balaban J connectivity index is 1.50. The summed E-state index contributed by atoms with van der Waals surface area (Å²) in [5.41, 5.74) is 5.58. The maximum Gasteiger partial charge on any atom is 0.0827 e. The molecule has 0 unspecified atom stereocenters. The van der Waals surface area contributed by atoms with Gasteiger partial charge in [0.25, 0.3) is 0 Å². The minimum Gasteiger partial charge on any atom is -0.216 e. The van der Waals surface area contributed by atoms with Crippen LogP contribution in [0.15, 0.2) is 60.9 Å². The molecule has 0 bridgehead atoms. The van der Waals surface area contributed by atoms with Crippen LogP contribution in [0, 0.1) is 5.92 Å². The summed E-state index contributed by atoms with van der Waals surface area (Å²) >= 11 is 0. The monoisotopic (exact) mass is 392 g/mol. The molecule has 0 amide bonds. The Labute approximate surface area is 177 Å². The third-order valence-corrected chi connectivity index (χ3v) is 6.67. The standard InChI is InChI=1S/C28H37F/c1-2-3-4-5-8-23-10-14-25(15-11-23)27-18-20-28(21-19-27)26-16-12-24(13-17-26)9-6-7-22-29/h7,10-11,14-15,18-22,24,26H,2-6,8-9,12-13,16-17H2,1H3/b22-7+/t24-,26-. The Hall–Kier alpha value is -1.89. The van der Waals surface area contributed by atoms with Gasteiger partial charge in [-0.25, -0.2) is 4.39 Å². The van der Waals surface area contributed by atoms with Gasteiger partial charge in [-0.15, -0.1) is 0 Å². The largest absolute Gasteiger partial charge is 0.216 e. The molecule has 1 aliphatic rings. The van der Waals surface area contributed by atoms with Crippen molar-refractivity contribution in [3.8, 4) is 11.1 Å². The summed E-state index contributed by atoms with van der Waals surface area (Å²) in [7, 11) is 0. The van der Waals surface area contributed by atoms with E-state index in [1.54, 1.807) is 6.08 Å². The molecule has 1 heteroatoms. The van der Waals surface area contributed by atoms with Crippen LogP contribution in [0.5, 0.6) is 0 Å². The molecule has 0 spiro atoms. The quantitative estimate of drug-likeness (QED) is 0.354. The van der Waals surface area contributed by atoms with E-state index >= 15 is 0 Å². The molecular weight excluding hydrogens is 355 g/mol. The van der Waals surface area contributed by atoms with Crippen LogP contribution in [0.25, 0.3) is 11.1 Å². The van der Waals surface area contributed by atoms with Crippen LogP contribution in [-0.4, -0.2) is 0 Å². The van der Waals surface area contributed by atoms with Crippen molar-refractivity contribution in [1.29, 1.82) is 0 Å². The summed E-state index contributed by atoms with van der Waals surface area (Å²) in [6.45, 7) is 2.26. The number of allylic oxidation sites excluding steroid dienone is 1. The normalized spacial score (nSPS) is 19.7. The lowest BCUT2D eigenvalue weighted by Crippen LogP contribution is -2.13. The van der Waals surface area contributed by atoms with Crippen molar-refractivity contribution in [2.45, 2.75) is 83.5 Å². The van der Waals surface area contributed by atoms with Gasteiger partial charge in [0.2, 0.25) is 0 Å². The Bertz CT molecular complexity index is 718. The number of unbranched alkanes of at least 4 members (excludes halogenated alkanes) is 3. The van der Waals surface area contributed by atoms with Gasteiger partial charge in [0.1, 0.15) is 0 Å². The minimum atomic E-state index is 0.689. The molecular formula is C28H37F. The Morgan fingerprint density at radius 2 is 1.48 bits per heavy atom. The second-order valence-electron chi connectivity index (χ2n) is 8.79. The van der Waals surface area contributed by atoms with Crippen molar-refractivity contribution < 1.29 is 4.39 Å². The summed E-state index contributed by atoms with van der Waals surface area (Å²) in [5.74, 6) is 1.48. The molecule has 0 heterocycles. The second-order valence-corrected chi connectivity index (χ2v) is 8.79. The highest BCUT2D eigenvalue weighted by Gasteiger charge is 2.21. The van der Waals surface area contributed by atoms with Gasteiger partial charge in [-0.1, -0.05) is 80.8 Å². The molecule has 2 aromatic carbocycles. The van der Waals surface area contributed by atoms with Crippen molar-refractivity contribution in [2.24, 2.45) is 5.92 Å². The molecule has 3 rings (SSSR count). The van der Waals surface area contributed by atoms with Gasteiger partial charge in [0.05, 0.1) is 6.33 Å². The summed E-state index contributed by atoms with van der Waals surface area (Å²) in [5, 5.41) is 0. The van der Waals surface area contributed by atoms with Gasteiger partial charge in [0.15, 0.2) is 0 Å². The molecule has 0 aliphatic heterocycles. The van der Waals surface area contributed by atoms with Gasteiger partial charge in [-0.2, -0.15) is 0 Å². The van der Waals surface area contributed by atoms with Crippen LogP contribution in [0.4, 0.5) is 4.39 Å². The fraction of sp³-hybridized carbons (Fsp3) is 0.500. The van der Waals surface area contributed by atoms with Gasteiger partial charge in [-0.3, -0.25) is 0 Å². The van der Waals surface area contributed by atoms with Gasteiger partial charge in [-0.05, 0) is 85.5 Å². The van der Waals surface area contributed by atoms with Crippen LogP contribution in [0.1, 0.15) is 88.2 Å². The highest BCUT2D eigenvalue weighted by Crippen LogP contribution is 2.38. The molecule has 1 fully saturated rings. The van der Waals surface area contributed by atoms with Crippen molar-refractivity contribution in [3.63, 3.8) is 0 Å². The summed E-state index contributed by atoms with van der Waals surface area (Å²) in [4.78, 5) is 0. The average Bonchev–Trinajstić information content (AvgIpc) is 2.78. The van der Waals surface area contributed by atoms with Crippen molar-refractivity contribution in [3.05, 3.63) is 72.1 Å². The van der Waals surface area contributed by atoms with E-state index < -0.39 is 0 Å². The number of rotatable bonds is 10. The average molecular weight is 393 g/mol. The zero-order valence-corrected chi connectivity index (χ0v) is 18.1. The minimum absolute atomic E-state index is 0.689. The summed E-state index contributed by atoms with van der Waals surface area (Å²) in [6.07, 6.45) is 16.0. The Morgan fingerprint density at radius 1 is 0.828 bits per heavy atom. The molecule has 1 saturated carbocycles. The smallest absolute Gasteiger partial charge is 0.0827 e. The van der Waals surface area contributed by atoms with Crippen molar-refractivity contribution in [2.75, 3.05) is 0 Å². The Morgan fingerprint density at radius 3 is 2.10 bits per heavy atom. The second kappa shape index (κ2) is 12.0. The maximum atomic E-state index is 12.1. The molecule has 0 atom stereocenters. The molecule has 0 N–H and O–H groups in total. The van der Waals surface area contributed by atoms with Crippen LogP contribution < -0.4 is 0 Å². The molecule has 0 radical (unpaired) electrons. The highest BCUT2D eigenvalue weighted by molar-refractivity contribution is 5.64. The fourth-order valence-corrected chi connectivity index (χ4v) is 4.75. The summed E-state index contributed by atoms with van der Waals surface area (Å²) in [6, 6.07) is 18.4. The first-order valence-corrected chi connectivity index (χ1v) is 11.7. The molecule has 29 heavy (non-hydrogen) atoms. The van der Waals surface area contributed by atoms with Crippen LogP contribution in [-0.2, 0) is 6.42 Å². The first-order chi connectivity index (χ1) is 14.3. The van der Waals surface area contributed by atoms with E-state index in [0.29, 0.717) is 12.2 Å². The van der Waals surface area contributed by atoms with Crippen LogP contribution >= 0.6 is 0 Å². The fourth-order valence-electron chi connectivity index (χ4n) is 4.75. The molecule has 1 aliphatic carbocycles. The van der Waals surface area contributed by atoms with E-state index in [0.717, 1.165) is 18.8 Å². The predicted octanol–water partition coefficient (Wildman–Crippen LogP) is 9.01. The lowest BCUT2D eigenvalue weighted by Gasteiger charge is -2.28. The van der Waals surface area contributed by atoms with Crippen molar-refractivity contribution >= 4 is 0 Å². The van der Waals surface area contributed by atoms with E-state index in [1.165, 1.54) is 80.0 Å². The van der Waals surface area contributed by atoms with Gasteiger partial charge in [0, 0.05) is 0 Å². The number of aryl methyl sites for hydroxylation is 1. The predicted molar refractivity (Wildman–Crippen MR) is 124 cm³/mol. The van der Waals surface area contributed by atoms with E-state index in [2.05, 4.69) is 55.5 Å². The Kier molecular flexibility index (Phi) is 8.99. The zero-order chi connectivity index (χ0) is 20.3. The molecule has 2 aromatic rings. The lowest BCUT2D eigenvalue weighted by molar-refractivity contribution is 0.311. The van der Waals surface area contributed by atoms with Gasteiger partial charge < -0.3 is 0 Å². The van der Waals surface area contributed by atoms with Gasteiger partial charge >= 0.3 is 0 Å². The number of benzene rings is 2. The molecule has 0 saturated heterocycles. The molecule has 0 nitrogen and oxygen atoms in total. The first kappa shape index (κ1) is 21.8. The van der Waals surface area contributed by atoms with E-state index in [1.807, 2.05) is 0 Å². The maximum absolute atomic E-state index is 12.1. The third kappa shape index (κ3) is 6.84. The first-order valence-electron chi connectivity index (χ1n) is 11.7. The zero-order valence-electron chi connectivity index (χ0n) is 18.1. The number of hydrogen-bond donors (Lipinski definition) is 0. The van der Waals surface area contributed by atoms with E-state index in [-0.39, 0.29) is 0 Å². The van der Waals surface area contributed by atoms with Crippen molar-refractivity contribution in [1.82, 2.24) is 0 Å². The van der Waals surface area contributed by atoms with Crippen LogP contribution in [0.3, 0.4) is 0 Å². The molecule has 0 aromatic heterocycles. The third-order valence-electron chi connectivity index (χ3n) is 6.67. The lowest BCUT2D eigenvalue weighted by atomic mass is 9.77.